The van der Waals surface area contributed by atoms with E-state index in [2.05, 4.69) is 11.8 Å². The van der Waals surface area contributed by atoms with E-state index >= 15 is 0 Å². The van der Waals surface area contributed by atoms with Gasteiger partial charge in [0, 0.05) is 25.7 Å². The van der Waals surface area contributed by atoms with E-state index in [1.165, 1.54) is 0 Å². The van der Waals surface area contributed by atoms with Gasteiger partial charge < -0.3 is 4.74 Å². The molecule has 0 aromatic carbocycles. The Morgan fingerprint density at radius 3 is 2.20 bits per heavy atom. The van der Waals surface area contributed by atoms with Crippen molar-refractivity contribution in [3.8, 4) is 11.8 Å². The maximum atomic E-state index is 11.8. The first-order chi connectivity index (χ1) is 9.68. The van der Waals surface area contributed by atoms with Crippen LogP contribution in [0.25, 0.3) is 0 Å². The highest BCUT2D eigenvalue weighted by molar-refractivity contribution is 6.13. The van der Waals surface area contributed by atoms with Crippen LogP contribution in [0.3, 0.4) is 0 Å². The summed E-state index contributed by atoms with van der Waals surface area (Å²) in [6.07, 6.45) is 3.36. The molecule has 20 heavy (non-hydrogen) atoms. The van der Waals surface area contributed by atoms with E-state index in [9.17, 15) is 14.4 Å². The van der Waals surface area contributed by atoms with Crippen molar-refractivity contribution in [2.45, 2.75) is 38.5 Å². The zero-order valence-corrected chi connectivity index (χ0v) is 11.3. The molecule has 1 aliphatic heterocycles. The molecule has 1 saturated carbocycles. The number of nitrogens with zero attached hydrogens (tertiary/aromatic N) is 1. The Bertz CT molecular complexity index is 482. The van der Waals surface area contributed by atoms with Crippen LogP contribution in [0.4, 0.5) is 4.79 Å². The molecule has 3 rings (SSSR count). The lowest BCUT2D eigenvalue weighted by atomic mass is 10.1. The topological polar surface area (TPSA) is 63.7 Å². The number of amides is 3. The number of fused-ring (bicyclic) bond motifs is 1. The summed E-state index contributed by atoms with van der Waals surface area (Å²) in [7, 11) is 0. The second-order valence-corrected chi connectivity index (χ2v) is 5.62. The second kappa shape index (κ2) is 5.28. The van der Waals surface area contributed by atoms with E-state index in [1.807, 2.05) is 0 Å². The number of rotatable bonds is 2. The van der Waals surface area contributed by atoms with Gasteiger partial charge in [-0.3, -0.25) is 9.59 Å². The maximum absolute atomic E-state index is 11.8. The van der Waals surface area contributed by atoms with E-state index in [1.54, 1.807) is 0 Å². The monoisotopic (exact) mass is 275 g/mol. The minimum absolute atomic E-state index is 0.111. The number of hydrogen-bond acceptors (Lipinski definition) is 4. The van der Waals surface area contributed by atoms with Crippen molar-refractivity contribution in [3.05, 3.63) is 0 Å². The van der Waals surface area contributed by atoms with Gasteiger partial charge in [0.05, 0.1) is 6.61 Å². The molecular formula is C15H17NO4. The molecule has 0 aromatic heterocycles. The van der Waals surface area contributed by atoms with Gasteiger partial charge in [0.2, 0.25) is 11.8 Å². The lowest BCUT2D eigenvalue weighted by Gasteiger charge is -2.12. The highest BCUT2D eigenvalue weighted by atomic mass is 16.6. The number of ether oxygens (including phenoxy) is 1. The van der Waals surface area contributed by atoms with E-state index in [0.29, 0.717) is 29.3 Å². The Kier molecular flexibility index (Phi) is 3.47. The molecule has 5 nitrogen and oxygen atoms in total. The molecule has 3 amide bonds. The fourth-order valence-corrected chi connectivity index (χ4v) is 3.29. The zero-order valence-electron chi connectivity index (χ0n) is 11.3. The molecule has 0 radical (unpaired) electrons. The summed E-state index contributed by atoms with van der Waals surface area (Å²) in [6, 6.07) is 0. The van der Waals surface area contributed by atoms with Crippen molar-refractivity contribution in [2.75, 3.05) is 6.61 Å². The van der Waals surface area contributed by atoms with Crippen molar-refractivity contribution in [2.24, 2.45) is 17.8 Å². The summed E-state index contributed by atoms with van der Waals surface area (Å²) >= 11 is 0. The summed E-state index contributed by atoms with van der Waals surface area (Å²) in [6.45, 7) is 0.311. The predicted octanol–water partition coefficient (Wildman–Crippen LogP) is 1.71. The predicted molar refractivity (Wildman–Crippen MR) is 69.1 cm³/mol. The van der Waals surface area contributed by atoms with E-state index < -0.39 is 17.9 Å². The number of carbonyl (C=O) groups excluding carboxylic acids is 3. The lowest BCUT2D eigenvalue weighted by Crippen LogP contribution is -2.36. The summed E-state index contributed by atoms with van der Waals surface area (Å²) in [4.78, 5) is 35.3. The summed E-state index contributed by atoms with van der Waals surface area (Å²) < 4.78 is 5.17. The number of imide groups is 3. The van der Waals surface area contributed by atoms with Crippen LogP contribution in [0.5, 0.6) is 0 Å². The fourth-order valence-electron chi connectivity index (χ4n) is 3.29. The third-order valence-electron chi connectivity index (χ3n) is 4.47. The lowest BCUT2D eigenvalue weighted by molar-refractivity contribution is -0.136. The van der Waals surface area contributed by atoms with Gasteiger partial charge in [0.15, 0.2) is 0 Å². The molecule has 3 aliphatic rings. The number of carbonyl (C=O) groups is 3. The highest BCUT2D eigenvalue weighted by Crippen LogP contribution is 2.52. The average molecular weight is 275 g/mol. The van der Waals surface area contributed by atoms with Gasteiger partial charge in [0.25, 0.3) is 0 Å². The summed E-state index contributed by atoms with van der Waals surface area (Å²) in [5, 5.41) is 0. The van der Waals surface area contributed by atoms with Crippen molar-refractivity contribution >= 4 is 17.9 Å². The molecule has 3 atom stereocenters. The third-order valence-corrected chi connectivity index (χ3v) is 4.47. The Labute approximate surface area is 117 Å². The number of likely N-dealkylation sites (tertiary alicyclic amines) is 1. The molecule has 106 valence electrons. The van der Waals surface area contributed by atoms with E-state index in [0.717, 1.165) is 25.7 Å². The molecule has 0 aromatic rings. The summed E-state index contributed by atoms with van der Waals surface area (Å²) in [5.41, 5.74) is 0. The smallest absolute Gasteiger partial charge is 0.423 e. The molecule has 0 bridgehead atoms. The largest absolute Gasteiger partial charge is 0.448 e. The fraction of sp³-hybridized carbons (Fsp3) is 0.667. The van der Waals surface area contributed by atoms with Crippen molar-refractivity contribution in [1.29, 1.82) is 0 Å². The van der Waals surface area contributed by atoms with Crippen molar-refractivity contribution in [3.63, 3.8) is 0 Å². The molecule has 1 heterocycles. The standard InChI is InChI=1S/C15H17NO4/c17-13-7-8-14(18)16(13)15(19)20-9-12-10-5-3-1-2-4-6-11(10)12/h10-12H,3-9H2/t10-,11+,12-. The minimum Gasteiger partial charge on any atom is -0.448 e. The van der Waals surface area contributed by atoms with Gasteiger partial charge in [0.1, 0.15) is 0 Å². The van der Waals surface area contributed by atoms with Crippen LogP contribution in [-0.4, -0.2) is 29.4 Å². The average Bonchev–Trinajstić information content (AvgIpc) is 2.91. The van der Waals surface area contributed by atoms with Crippen LogP contribution in [-0.2, 0) is 14.3 Å². The Morgan fingerprint density at radius 1 is 1.10 bits per heavy atom. The first-order valence-corrected chi connectivity index (χ1v) is 7.16. The van der Waals surface area contributed by atoms with Gasteiger partial charge in [-0.2, -0.15) is 4.90 Å². The van der Waals surface area contributed by atoms with Crippen LogP contribution >= 0.6 is 0 Å². The number of hydrogen-bond donors (Lipinski definition) is 0. The van der Waals surface area contributed by atoms with Gasteiger partial charge in [-0.05, 0) is 30.6 Å². The van der Waals surface area contributed by atoms with Crippen LogP contribution < -0.4 is 0 Å². The molecule has 0 unspecified atom stereocenters. The SMILES string of the molecule is O=C1CCC(=O)N1C(=O)OC[C@@H]1[C@@H]2CCC#CCC[C@@H]21. The molecular weight excluding hydrogens is 258 g/mol. The first-order valence-electron chi connectivity index (χ1n) is 7.16. The molecule has 2 fully saturated rings. The van der Waals surface area contributed by atoms with E-state index in [4.69, 9.17) is 4.74 Å². The van der Waals surface area contributed by atoms with Gasteiger partial charge in [-0.25, -0.2) is 4.79 Å². The van der Waals surface area contributed by atoms with Crippen LogP contribution in [0.15, 0.2) is 0 Å². The normalized spacial score (nSPS) is 31.8. The Balaban J connectivity index is 1.50. The third kappa shape index (κ3) is 2.43. The van der Waals surface area contributed by atoms with Crippen LogP contribution in [0, 0.1) is 29.6 Å². The van der Waals surface area contributed by atoms with Crippen molar-refractivity contribution in [1.82, 2.24) is 4.90 Å². The molecule has 1 saturated heterocycles. The summed E-state index contributed by atoms with van der Waals surface area (Å²) in [5.74, 6) is 6.90. The van der Waals surface area contributed by atoms with Gasteiger partial charge in [-0.1, -0.05) is 0 Å². The Morgan fingerprint density at radius 2 is 1.65 bits per heavy atom. The first kappa shape index (κ1) is 13.2. The second-order valence-electron chi connectivity index (χ2n) is 5.62. The maximum Gasteiger partial charge on any atom is 0.423 e. The molecule has 0 spiro atoms. The zero-order chi connectivity index (χ0) is 14.1. The minimum atomic E-state index is -0.798. The van der Waals surface area contributed by atoms with Crippen LogP contribution in [0.2, 0.25) is 0 Å². The molecule has 2 aliphatic carbocycles. The quantitative estimate of drug-likeness (QED) is 0.568. The highest BCUT2D eigenvalue weighted by Gasteiger charge is 2.49. The Hall–Kier alpha value is -1.83. The molecule has 5 heteroatoms. The van der Waals surface area contributed by atoms with Crippen LogP contribution in [0.1, 0.15) is 38.5 Å². The van der Waals surface area contributed by atoms with Gasteiger partial charge >= 0.3 is 6.09 Å². The van der Waals surface area contributed by atoms with Crippen molar-refractivity contribution < 1.29 is 19.1 Å². The molecule has 0 N–H and O–H groups in total. The van der Waals surface area contributed by atoms with Gasteiger partial charge in [-0.15, -0.1) is 11.8 Å². The van der Waals surface area contributed by atoms with E-state index in [-0.39, 0.29) is 12.8 Å².